The Hall–Kier alpha value is -3.47. The molecule has 0 fully saturated rings. The van der Waals surface area contributed by atoms with Crippen LogP contribution in [0.15, 0.2) is 66.1 Å². The average molecular weight is 595 g/mol. The van der Waals surface area contributed by atoms with E-state index in [4.69, 9.17) is 13.9 Å². The molecule has 218 valence electrons. The molecule has 41 heavy (non-hydrogen) atoms. The van der Waals surface area contributed by atoms with Gasteiger partial charge in [0.05, 0.1) is 30.7 Å². The minimum atomic E-state index is -2.11. The van der Waals surface area contributed by atoms with Crippen molar-refractivity contribution in [2.24, 2.45) is 0 Å². The van der Waals surface area contributed by atoms with Gasteiger partial charge in [-0.25, -0.2) is 0 Å². The normalized spacial score (nSPS) is 15.8. The zero-order valence-corrected chi connectivity index (χ0v) is 26.3. The van der Waals surface area contributed by atoms with Gasteiger partial charge in [0.15, 0.2) is 19.8 Å². The molecule has 1 aliphatic rings. The highest BCUT2D eigenvalue weighted by Crippen LogP contribution is 2.39. The fourth-order valence-corrected chi connectivity index (χ4v) is 6.24. The molecule has 0 aliphatic carbocycles. The molecule has 2 aromatic carbocycles. The van der Waals surface area contributed by atoms with Gasteiger partial charge >= 0.3 is 0 Å². The van der Waals surface area contributed by atoms with Gasteiger partial charge in [-0.3, -0.25) is 14.9 Å². The minimum absolute atomic E-state index is 0.00462. The van der Waals surface area contributed by atoms with E-state index in [0.29, 0.717) is 19.6 Å². The van der Waals surface area contributed by atoms with Crippen LogP contribution in [0.5, 0.6) is 11.5 Å². The van der Waals surface area contributed by atoms with E-state index in [-0.39, 0.29) is 40.4 Å². The molecule has 0 spiro atoms. The number of hydrogen-bond donors (Lipinski definition) is 0. The molecule has 0 N–H and O–H groups in total. The fraction of sp³-hybridized carbons (Fsp3) is 0.387. The third-order valence-electron chi connectivity index (χ3n) is 7.92. The summed E-state index contributed by atoms with van der Waals surface area (Å²) in [6.07, 6.45) is 2.64. The number of carbonyl (C=O) groups excluding carboxylic acids is 1. The number of methoxy groups -OCH3 is 1. The van der Waals surface area contributed by atoms with Gasteiger partial charge in [-0.1, -0.05) is 63.2 Å². The number of rotatable bonds is 10. The number of amides is 1. The molecule has 1 aliphatic heterocycles. The fourth-order valence-electron chi connectivity index (χ4n) is 4.42. The van der Waals surface area contributed by atoms with Gasteiger partial charge < -0.3 is 18.8 Å². The van der Waals surface area contributed by atoms with Crippen molar-refractivity contribution in [3.8, 4) is 11.5 Å². The van der Waals surface area contributed by atoms with E-state index < -0.39 is 19.1 Å². The standard InChI is InChI=1S/C31H38N2O6SSi/c1-31(2,3)41(5,6)39-21-24-17-23(29-13-10-16-40-29)14-15-32(24)30(34)25-18-27(37-4)28(19-26(25)33(35)36)38-20-22-11-8-7-9-12-22/h7-14,16,18-19,24H,15,17,20-21H2,1-6H3. The van der Waals surface area contributed by atoms with E-state index in [1.165, 1.54) is 19.2 Å². The van der Waals surface area contributed by atoms with Crippen molar-refractivity contribution in [3.63, 3.8) is 0 Å². The van der Waals surface area contributed by atoms with E-state index >= 15 is 0 Å². The highest BCUT2D eigenvalue weighted by atomic mass is 32.1. The van der Waals surface area contributed by atoms with Crippen LogP contribution in [-0.4, -0.2) is 50.4 Å². The van der Waals surface area contributed by atoms with Crippen molar-refractivity contribution in [1.82, 2.24) is 4.90 Å². The molecule has 1 amide bonds. The first-order chi connectivity index (χ1) is 19.4. The summed E-state index contributed by atoms with van der Waals surface area (Å²) in [6, 6.07) is 16.0. The molecule has 4 rings (SSSR count). The topological polar surface area (TPSA) is 91.1 Å². The first-order valence-electron chi connectivity index (χ1n) is 13.6. The Kier molecular flexibility index (Phi) is 9.36. The molecular weight excluding hydrogens is 557 g/mol. The summed E-state index contributed by atoms with van der Waals surface area (Å²) in [7, 11) is -0.653. The zero-order valence-electron chi connectivity index (χ0n) is 24.5. The second-order valence-corrected chi connectivity index (χ2v) is 17.4. The van der Waals surface area contributed by atoms with Crippen LogP contribution in [0.25, 0.3) is 5.57 Å². The number of thiophene rings is 1. The Bertz CT molecular complexity index is 1400. The van der Waals surface area contributed by atoms with Crippen LogP contribution in [-0.2, 0) is 11.0 Å². The smallest absolute Gasteiger partial charge is 0.286 e. The van der Waals surface area contributed by atoms with Crippen LogP contribution in [0.3, 0.4) is 0 Å². The van der Waals surface area contributed by atoms with Crippen LogP contribution >= 0.6 is 11.3 Å². The van der Waals surface area contributed by atoms with Gasteiger partial charge in [0.1, 0.15) is 12.2 Å². The largest absolute Gasteiger partial charge is 0.493 e. The Morgan fingerprint density at radius 1 is 1.12 bits per heavy atom. The summed E-state index contributed by atoms with van der Waals surface area (Å²) in [4.78, 5) is 28.6. The summed E-state index contributed by atoms with van der Waals surface area (Å²) in [5.74, 6) is 0.0293. The summed E-state index contributed by atoms with van der Waals surface area (Å²) >= 11 is 1.66. The van der Waals surface area contributed by atoms with Crippen molar-refractivity contribution >= 4 is 36.8 Å². The maximum atomic E-state index is 14.1. The summed E-state index contributed by atoms with van der Waals surface area (Å²) in [5.41, 5.74) is 1.70. The van der Waals surface area contributed by atoms with Crippen molar-refractivity contribution in [3.05, 3.63) is 92.2 Å². The van der Waals surface area contributed by atoms with E-state index in [2.05, 4.69) is 39.9 Å². The molecule has 0 saturated carbocycles. The SMILES string of the molecule is COc1cc(C(=O)N2CC=C(c3cccs3)CC2CO[Si](C)(C)C(C)(C)C)c([N+](=O)[O-])cc1OCc1ccccc1. The lowest BCUT2D eigenvalue weighted by atomic mass is 9.98. The van der Waals surface area contributed by atoms with Crippen molar-refractivity contribution < 1.29 is 23.6 Å². The van der Waals surface area contributed by atoms with E-state index in [9.17, 15) is 14.9 Å². The Morgan fingerprint density at radius 2 is 1.85 bits per heavy atom. The molecule has 1 unspecified atom stereocenters. The molecule has 0 bridgehead atoms. The third kappa shape index (κ3) is 7.06. The van der Waals surface area contributed by atoms with Crippen molar-refractivity contribution in [1.29, 1.82) is 0 Å². The number of benzene rings is 2. The predicted octanol–water partition coefficient (Wildman–Crippen LogP) is 7.56. The number of nitrogens with zero attached hydrogens (tertiary/aromatic N) is 2. The summed E-state index contributed by atoms with van der Waals surface area (Å²) < 4.78 is 18.0. The Balaban J connectivity index is 1.66. The minimum Gasteiger partial charge on any atom is -0.493 e. The average Bonchev–Trinajstić information content (AvgIpc) is 3.49. The highest BCUT2D eigenvalue weighted by molar-refractivity contribution is 7.11. The van der Waals surface area contributed by atoms with Crippen molar-refractivity contribution in [2.45, 2.75) is 58.0 Å². The molecule has 1 aromatic heterocycles. The molecule has 1 atom stereocenters. The number of ether oxygens (including phenoxy) is 2. The monoisotopic (exact) mass is 594 g/mol. The van der Waals surface area contributed by atoms with Crippen LogP contribution in [0.2, 0.25) is 18.1 Å². The number of nitro benzene ring substituents is 1. The van der Waals surface area contributed by atoms with Gasteiger partial charge in [0.2, 0.25) is 0 Å². The van der Waals surface area contributed by atoms with Gasteiger partial charge in [-0.05, 0) is 47.1 Å². The Morgan fingerprint density at radius 3 is 2.46 bits per heavy atom. The molecular formula is C31H38N2O6SSi. The quantitative estimate of drug-likeness (QED) is 0.137. The predicted molar refractivity (Wildman–Crippen MR) is 165 cm³/mol. The van der Waals surface area contributed by atoms with E-state index in [0.717, 1.165) is 16.0 Å². The highest BCUT2D eigenvalue weighted by Gasteiger charge is 2.40. The Labute approximate surface area is 246 Å². The van der Waals surface area contributed by atoms with Crippen LogP contribution in [0, 0.1) is 10.1 Å². The first kappa shape index (κ1) is 30.5. The lowest BCUT2D eigenvalue weighted by molar-refractivity contribution is -0.385. The van der Waals surface area contributed by atoms with Gasteiger partial charge in [0.25, 0.3) is 11.6 Å². The molecule has 0 radical (unpaired) electrons. The summed E-state index contributed by atoms with van der Waals surface area (Å²) in [6.45, 7) is 11.8. The van der Waals surface area contributed by atoms with Crippen LogP contribution < -0.4 is 9.47 Å². The molecule has 10 heteroatoms. The number of nitro groups is 1. The molecule has 2 heterocycles. The maximum absolute atomic E-state index is 14.1. The lowest BCUT2D eigenvalue weighted by Crippen LogP contribution is -2.49. The third-order valence-corrected chi connectivity index (χ3v) is 13.4. The number of carbonyl (C=O) groups is 1. The first-order valence-corrected chi connectivity index (χ1v) is 17.4. The van der Waals surface area contributed by atoms with Crippen molar-refractivity contribution in [2.75, 3.05) is 20.3 Å². The maximum Gasteiger partial charge on any atom is 0.286 e. The lowest BCUT2D eigenvalue weighted by Gasteiger charge is -2.40. The van der Waals surface area contributed by atoms with Gasteiger partial charge in [-0.15, -0.1) is 11.3 Å². The van der Waals surface area contributed by atoms with Crippen LogP contribution in [0.4, 0.5) is 5.69 Å². The molecule has 8 nitrogen and oxygen atoms in total. The molecule has 3 aromatic rings. The van der Waals surface area contributed by atoms with Gasteiger partial charge in [0, 0.05) is 17.5 Å². The van der Waals surface area contributed by atoms with E-state index in [1.54, 1.807) is 16.2 Å². The second-order valence-electron chi connectivity index (χ2n) is 11.6. The van der Waals surface area contributed by atoms with E-state index in [1.807, 2.05) is 47.9 Å². The summed E-state index contributed by atoms with van der Waals surface area (Å²) in [5, 5.41) is 14.2. The number of hydrogen-bond acceptors (Lipinski definition) is 7. The van der Waals surface area contributed by atoms with Gasteiger partial charge in [-0.2, -0.15) is 0 Å². The zero-order chi connectivity index (χ0) is 29.8. The van der Waals surface area contributed by atoms with Crippen LogP contribution in [0.1, 0.15) is 48.0 Å². The second kappa shape index (κ2) is 12.6. The molecule has 0 saturated heterocycles.